The van der Waals surface area contributed by atoms with Crippen LogP contribution in [-0.4, -0.2) is 61.0 Å². The van der Waals surface area contributed by atoms with E-state index in [9.17, 15) is 9.90 Å². The molecule has 2 heterocycles. The minimum Gasteiger partial charge on any atom is -0.493 e. The highest BCUT2D eigenvalue weighted by Crippen LogP contribution is 2.77. The van der Waals surface area contributed by atoms with Crippen molar-refractivity contribution in [3.63, 3.8) is 0 Å². The number of carboxylic acid groups (broad SMARTS) is 1. The van der Waals surface area contributed by atoms with E-state index in [1.165, 1.54) is 30.5 Å². The monoisotopic (exact) mass is 620 g/mol. The number of rotatable bonds is 10. The summed E-state index contributed by atoms with van der Waals surface area (Å²) in [5, 5.41) is 14.3. The predicted octanol–water partition coefficient (Wildman–Crippen LogP) is 6.08. The first-order chi connectivity index (χ1) is 22.5. The zero-order valence-corrected chi connectivity index (χ0v) is 26.8. The number of hydrogen-bond donors (Lipinski definition) is 2. The maximum atomic E-state index is 13.0. The lowest BCUT2D eigenvalue weighted by Gasteiger charge is -2.74. The number of nitrogens with one attached hydrogen (secondary N) is 1. The normalized spacial score (nSPS) is 34.8. The van der Waals surface area contributed by atoms with Gasteiger partial charge in [0.2, 0.25) is 0 Å². The van der Waals surface area contributed by atoms with Gasteiger partial charge in [-0.3, -0.25) is 15.0 Å². The molecule has 5 fully saturated rings. The van der Waals surface area contributed by atoms with Crippen LogP contribution in [0, 0.1) is 17.3 Å². The van der Waals surface area contributed by atoms with Crippen LogP contribution in [0.25, 0.3) is 0 Å². The number of methoxy groups -OCH3 is 2. The highest BCUT2D eigenvalue weighted by molar-refractivity contribution is 5.75. The van der Waals surface area contributed by atoms with Crippen molar-refractivity contribution >= 4 is 5.97 Å². The average Bonchev–Trinajstić information content (AvgIpc) is 3.83. The standard InChI is InChI=1S/C39H44N2O5/c1-44-29-16-15-27-21-30-37-17-18-39(45-2,36-38(37,31(27)34(29)46-36)19-20-41(30)23-24-13-14-24)28(22-37)32(25-9-5-3-6-10-25)40-33(35(42)43)26-11-7-4-8-12-26/h3-12,15-16,24,28,30,32-33,36,40H,13-14,17-23H2,1-2H3,(H,42,43)/t28-,30-,32-,33?,36-,37-,38+,39-/m1/s1. The van der Waals surface area contributed by atoms with Crippen LogP contribution in [0.15, 0.2) is 72.8 Å². The zero-order chi connectivity index (χ0) is 31.3. The number of hydrogen-bond acceptors (Lipinski definition) is 6. The van der Waals surface area contributed by atoms with E-state index in [0.29, 0.717) is 6.04 Å². The zero-order valence-electron chi connectivity index (χ0n) is 26.8. The van der Waals surface area contributed by atoms with Crippen LogP contribution < -0.4 is 14.8 Å². The number of piperidine rings is 1. The lowest BCUT2D eigenvalue weighted by molar-refractivity contribution is -0.282. The molecule has 5 aliphatic carbocycles. The summed E-state index contributed by atoms with van der Waals surface area (Å²) in [4.78, 5) is 15.8. The quantitative estimate of drug-likeness (QED) is 0.285. The molecule has 2 spiro atoms. The van der Waals surface area contributed by atoms with Crippen LogP contribution in [-0.2, 0) is 21.4 Å². The van der Waals surface area contributed by atoms with E-state index in [1.807, 2.05) is 43.5 Å². The Balaban J connectivity index is 1.23. The molecule has 7 nitrogen and oxygen atoms in total. The molecule has 7 heteroatoms. The van der Waals surface area contributed by atoms with Crippen molar-refractivity contribution in [1.29, 1.82) is 0 Å². The molecule has 1 saturated heterocycles. The van der Waals surface area contributed by atoms with Gasteiger partial charge < -0.3 is 19.3 Å². The second-order valence-electron chi connectivity index (χ2n) is 14.9. The molecule has 0 radical (unpaired) electrons. The number of fused-ring (bicyclic) bond motifs is 2. The largest absolute Gasteiger partial charge is 0.493 e. The molecule has 8 atom stereocenters. The summed E-state index contributed by atoms with van der Waals surface area (Å²) in [5.41, 5.74) is 3.86. The Bertz CT molecular complexity index is 1660. The Hall–Kier alpha value is -3.39. The number of carbonyl (C=O) groups is 1. The first-order valence-electron chi connectivity index (χ1n) is 17.2. The van der Waals surface area contributed by atoms with Gasteiger partial charge in [0.1, 0.15) is 17.7 Å². The summed E-state index contributed by atoms with van der Waals surface area (Å²) in [5.74, 6) is 1.66. The van der Waals surface area contributed by atoms with Gasteiger partial charge in [-0.15, -0.1) is 0 Å². The molecule has 240 valence electrons. The maximum Gasteiger partial charge on any atom is 0.325 e. The second kappa shape index (κ2) is 10.3. The Morgan fingerprint density at radius 3 is 2.41 bits per heavy atom. The van der Waals surface area contributed by atoms with E-state index < -0.39 is 17.6 Å². The molecule has 4 saturated carbocycles. The van der Waals surface area contributed by atoms with E-state index >= 15 is 0 Å². The Kier molecular flexibility index (Phi) is 6.45. The van der Waals surface area contributed by atoms with Gasteiger partial charge in [0.15, 0.2) is 11.5 Å². The van der Waals surface area contributed by atoms with E-state index in [2.05, 4.69) is 46.6 Å². The molecule has 0 amide bonds. The summed E-state index contributed by atoms with van der Waals surface area (Å²) in [7, 11) is 3.61. The fraction of sp³-hybridized carbons (Fsp3) is 0.513. The van der Waals surface area contributed by atoms with Gasteiger partial charge in [0.05, 0.1) is 7.11 Å². The molecule has 1 unspecified atom stereocenters. The molecular weight excluding hydrogens is 576 g/mol. The van der Waals surface area contributed by atoms with Crippen molar-refractivity contribution in [1.82, 2.24) is 10.2 Å². The number of ether oxygens (including phenoxy) is 3. The first-order valence-corrected chi connectivity index (χ1v) is 17.2. The van der Waals surface area contributed by atoms with Gasteiger partial charge >= 0.3 is 5.97 Å². The summed E-state index contributed by atoms with van der Waals surface area (Å²) < 4.78 is 20.1. The molecular formula is C39H44N2O5. The third-order valence-corrected chi connectivity index (χ3v) is 13.2. The minimum absolute atomic E-state index is 0.0115. The Labute approximate surface area is 271 Å². The fourth-order valence-electron chi connectivity index (χ4n) is 11.2. The van der Waals surface area contributed by atoms with Gasteiger partial charge in [0, 0.05) is 48.0 Å². The Morgan fingerprint density at radius 2 is 1.74 bits per heavy atom. The van der Waals surface area contributed by atoms with Crippen LogP contribution in [0.4, 0.5) is 0 Å². The van der Waals surface area contributed by atoms with Gasteiger partial charge in [-0.05, 0) is 80.2 Å². The molecule has 0 aromatic heterocycles. The number of aliphatic carboxylic acids is 1. The molecule has 7 aliphatic rings. The predicted molar refractivity (Wildman–Crippen MR) is 174 cm³/mol. The Morgan fingerprint density at radius 1 is 1.00 bits per heavy atom. The summed E-state index contributed by atoms with van der Waals surface area (Å²) in [6, 6.07) is 23.7. The van der Waals surface area contributed by atoms with E-state index in [1.54, 1.807) is 7.11 Å². The highest BCUT2D eigenvalue weighted by atomic mass is 16.6. The van der Waals surface area contributed by atoms with Gasteiger partial charge in [-0.1, -0.05) is 66.7 Å². The van der Waals surface area contributed by atoms with Crippen LogP contribution in [0.1, 0.15) is 72.9 Å². The lowest BCUT2D eigenvalue weighted by Crippen LogP contribution is -2.81. The first kappa shape index (κ1) is 28.8. The summed E-state index contributed by atoms with van der Waals surface area (Å²) in [6.07, 6.45) is 7.51. The summed E-state index contributed by atoms with van der Waals surface area (Å²) >= 11 is 0. The second-order valence-corrected chi connectivity index (χ2v) is 14.9. The lowest BCUT2D eigenvalue weighted by atomic mass is 9.34. The van der Waals surface area contributed by atoms with Crippen molar-refractivity contribution in [3.8, 4) is 11.5 Å². The number of nitrogens with zero attached hydrogens (tertiary/aromatic N) is 1. The molecule has 3 aromatic carbocycles. The molecule has 10 rings (SSSR count). The van der Waals surface area contributed by atoms with Crippen LogP contribution in [0.2, 0.25) is 0 Å². The number of benzene rings is 3. The smallest absolute Gasteiger partial charge is 0.325 e. The molecule has 2 N–H and O–H groups in total. The van der Waals surface area contributed by atoms with E-state index in [0.717, 1.165) is 67.2 Å². The van der Waals surface area contributed by atoms with Crippen molar-refractivity contribution in [2.45, 2.75) is 80.2 Å². The third-order valence-electron chi connectivity index (χ3n) is 13.2. The summed E-state index contributed by atoms with van der Waals surface area (Å²) in [6.45, 7) is 2.26. The fourth-order valence-corrected chi connectivity index (χ4v) is 11.2. The minimum atomic E-state index is -0.877. The molecule has 2 aliphatic heterocycles. The van der Waals surface area contributed by atoms with Crippen molar-refractivity contribution in [3.05, 3.63) is 95.1 Å². The number of likely N-dealkylation sites (tertiary alicyclic amines) is 1. The van der Waals surface area contributed by atoms with E-state index in [4.69, 9.17) is 14.2 Å². The maximum absolute atomic E-state index is 13.0. The van der Waals surface area contributed by atoms with E-state index in [-0.39, 0.29) is 28.9 Å². The van der Waals surface area contributed by atoms with Gasteiger partial charge in [-0.25, -0.2) is 0 Å². The number of carboxylic acids is 1. The van der Waals surface area contributed by atoms with Crippen molar-refractivity contribution in [2.75, 3.05) is 27.3 Å². The topological polar surface area (TPSA) is 80.3 Å². The van der Waals surface area contributed by atoms with Crippen LogP contribution in [0.3, 0.4) is 0 Å². The van der Waals surface area contributed by atoms with Crippen molar-refractivity contribution < 1.29 is 24.1 Å². The van der Waals surface area contributed by atoms with Gasteiger partial charge in [-0.2, -0.15) is 0 Å². The average molecular weight is 621 g/mol. The van der Waals surface area contributed by atoms with Crippen molar-refractivity contribution in [2.24, 2.45) is 17.3 Å². The molecule has 3 aromatic rings. The molecule has 4 bridgehead atoms. The van der Waals surface area contributed by atoms with Crippen LogP contribution in [0.5, 0.6) is 11.5 Å². The molecule has 46 heavy (non-hydrogen) atoms. The highest BCUT2D eigenvalue weighted by Gasteiger charge is 2.81. The third kappa shape index (κ3) is 3.73. The van der Waals surface area contributed by atoms with Gasteiger partial charge in [0.25, 0.3) is 0 Å². The SMILES string of the molecule is COc1ccc2c3c1O[C@H]1[C@@]4(OC)CC[C@@]5(C[C@@H]4[C@H](NC(C(=O)O)c4ccccc4)c4ccccc4)[C@@H](C2)N(CC2CC2)CC[C@]315. The van der Waals surface area contributed by atoms with Crippen LogP contribution >= 0.6 is 0 Å².